The maximum atomic E-state index is 11.9. The fourth-order valence-electron chi connectivity index (χ4n) is 2.37. The number of nitrogens with one attached hydrogen (secondary N) is 1. The molecule has 1 aromatic heterocycles. The van der Waals surface area contributed by atoms with Crippen molar-refractivity contribution < 1.29 is 9.59 Å². The lowest BCUT2D eigenvalue weighted by atomic mass is 10.2. The number of nitrogens with zero attached hydrogens (tertiary/aromatic N) is 2. The first kappa shape index (κ1) is 17.7. The lowest BCUT2D eigenvalue weighted by Gasteiger charge is -2.21. The number of carbonyl (C=O) groups is 2. The van der Waals surface area contributed by atoms with Crippen LogP contribution >= 0.6 is 0 Å². The van der Waals surface area contributed by atoms with Crippen LogP contribution in [0.1, 0.15) is 24.5 Å². The van der Waals surface area contributed by atoms with Crippen LogP contribution in [0.5, 0.6) is 0 Å². The molecule has 0 unspecified atom stereocenters. The summed E-state index contributed by atoms with van der Waals surface area (Å²) in [5.74, 6) is -0.0692. The zero-order valence-electron chi connectivity index (χ0n) is 13.9. The van der Waals surface area contributed by atoms with Gasteiger partial charge in [0.2, 0.25) is 11.8 Å². The molecule has 2 aromatic rings. The first-order valence-electron chi connectivity index (χ1n) is 8.10. The lowest BCUT2D eigenvalue weighted by Crippen LogP contribution is -2.34. The Labute approximate surface area is 142 Å². The summed E-state index contributed by atoms with van der Waals surface area (Å²) in [6.45, 7) is 3.05. The molecule has 0 fully saturated rings. The molecule has 126 valence electrons. The van der Waals surface area contributed by atoms with Crippen LogP contribution in [0.3, 0.4) is 0 Å². The van der Waals surface area contributed by atoms with E-state index >= 15 is 0 Å². The van der Waals surface area contributed by atoms with E-state index in [4.69, 9.17) is 0 Å². The average Bonchev–Trinajstić information content (AvgIpc) is 2.60. The Bertz CT molecular complexity index is 644. The fourth-order valence-corrected chi connectivity index (χ4v) is 2.37. The summed E-state index contributed by atoms with van der Waals surface area (Å²) < 4.78 is 0. The van der Waals surface area contributed by atoms with E-state index in [1.165, 1.54) is 6.92 Å². The molecular formula is C19H23N3O2. The van der Waals surface area contributed by atoms with Gasteiger partial charge in [-0.05, 0) is 23.6 Å². The van der Waals surface area contributed by atoms with Crippen LogP contribution in [-0.4, -0.2) is 34.8 Å². The molecular weight excluding hydrogens is 302 g/mol. The first-order valence-corrected chi connectivity index (χ1v) is 8.10. The van der Waals surface area contributed by atoms with Crippen molar-refractivity contribution in [2.24, 2.45) is 0 Å². The molecule has 0 radical (unpaired) electrons. The minimum absolute atomic E-state index is 0.0259. The molecule has 0 saturated carbocycles. The van der Waals surface area contributed by atoms with E-state index in [9.17, 15) is 9.59 Å². The van der Waals surface area contributed by atoms with Gasteiger partial charge >= 0.3 is 0 Å². The Kier molecular flexibility index (Phi) is 6.95. The maximum Gasteiger partial charge on any atom is 0.221 e. The predicted octanol–water partition coefficient (Wildman–Crippen LogP) is 2.18. The van der Waals surface area contributed by atoms with Crippen molar-refractivity contribution in [3.05, 3.63) is 66.0 Å². The van der Waals surface area contributed by atoms with E-state index in [1.54, 1.807) is 17.3 Å². The summed E-state index contributed by atoms with van der Waals surface area (Å²) in [4.78, 5) is 29.4. The SMILES string of the molecule is CC(=O)N(CCC(=O)NCCc1cccnc1)Cc1ccccc1. The highest BCUT2D eigenvalue weighted by molar-refractivity contribution is 5.78. The van der Waals surface area contributed by atoms with Gasteiger partial charge in [0.25, 0.3) is 0 Å². The standard InChI is InChI=1S/C19H23N3O2/c1-16(23)22(15-18-6-3-2-4-7-18)13-10-19(24)21-12-9-17-8-5-11-20-14-17/h2-8,11,14H,9-10,12-13,15H2,1H3,(H,21,24). The summed E-state index contributed by atoms with van der Waals surface area (Å²) in [6.07, 6.45) is 4.58. The summed E-state index contributed by atoms with van der Waals surface area (Å²) in [7, 11) is 0. The second kappa shape index (κ2) is 9.45. The van der Waals surface area contributed by atoms with Gasteiger partial charge in [0.1, 0.15) is 0 Å². The second-order valence-electron chi connectivity index (χ2n) is 5.64. The van der Waals surface area contributed by atoms with Crippen molar-refractivity contribution in [3.8, 4) is 0 Å². The molecule has 2 amide bonds. The van der Waals surface area contributed by atoms with Crippen molar-refractivity contribution in [2.75, 3.05) is 13.1 Å². The van der Waals surface area contributed by atoms with Crippen LogP contribution in [0.2, 0.25) is 0 Å². The summed E-state index contributed by atoms with van der Waals surface area (Å²) in [5.41, 5.74) is 2.15. The second-order valence-corrected chi connectivity index (χ2v) is 5.64. The van der Waals surface area contributed by atoms with Gasteiger partial charge in [-0.15, -0.1) is 0 Å². The van der Waals surface area contributed by atoms with E-state index < -0.39 is 0 Å². The van der Waals surface area contributed by atoms with Crippen LogP contribution in [0.25, 0.3) is 0 Å². The zero-order chi connectivity index (χ0) is 17.2. The monoisotopic (exact) mass is 325 g/mol. The molecule has 0 atom stereocenters. The number of aromatic nitrogens is 1. The fraction of sp³-hybridized carbons (Fsp3) is 0.316. The van der Waals surface area contributed by atoms with Crippen molar-refractivity contribution in [1.82, 2.24) is 15.2 Å². The topological polar surface area (TPSA) is 62.3 Å². The zero-order valence-corrected chi connectivity index (χ0v) is 13.9. The highest BCUT2D eigenvalue weighted by Gasteiger charge is 2.11. The highest BCUT2D eigenvalue weighted by atomic mass is 16.2. The van der Waals surface area contributed by atoms with Crippen molar-refractivity contribution in [3.63, 3.8) is 0 Å². The van der Waals surface area contributed by atoms with Gasteiger partial charge in [-0.25, -0.2) is 0 Å². The number of hydrogen-bond donors (Lipinski definition) is 1. The smallest absolute Gasteiger partial charge is 0.221 e. The minimum Gasteiger partial charge on any atom is -0.356 e. The van der Waals surface area contributed by atoms with Gasteiger partial charge in [0.05, 0.1) is 0 Å². The van der Waals surface area contributed by atoms with E-state index in [0.717, 1.165) is 17.5 Å². The number of carbonyl (C=O) groups excluding carboxylic acids is 2. The van der Waals surface area contributed by atoms with Gasteiger partial charge in [-0.3, -0.25) is 14.6 Å². The van der Waals surface area contributed by atoms with E-state index in [2.05, 4.69) is 10.3 Å². The number of rotatable bonds is 8. The van der Waals surface area contributed by atoms with Gasteiger partial charge in [0.15, 0.2) is 0 Å². The third-order valence-corrected chi connectivity index (χ3v) is 3.73. The number of pyridine rings is 1. The molecule has 0 spiro atoms. The first-order chi connectivity index (χ1) is 11.6. The minimum atomic E-state index is -0.0433. The molecule has 5 nitrogen and oxygen atoms in total. The maximum absolute atomic E-state index is 11.9. The normalized spacial score (nSPS) is 10.2. The Hall–Kier alpha value is -2.69. The van der Waals surface area contributed by atoms with Crippen LogP contribution in [0.15, 0.2) is 54.9 Å². The van der Waals surface area contributed by atoms with Crippen molar-refractivity contribution in [2.45, 2.75) is 26.3 Å². The van der Waals surface area contributed by atoms with E-state index in [0.29, 0.717) is 26.1 Å². The van der Waals surface area contributed by atoms with E-state index in [-0.39, 0.29) is 11.8 Å². The highest BCUT2D eigenvalue weighted by Crippen LogP contribution is 2.05. The van der Waals surface area contributed by atoms with Crippen LogP contribution in [0.4, 0.5) is 0 Å². The Balaban J connectivity index is 1.73. The molecule has 24 heavy (non-hydrogen) atoms. The Morgan fingerprint density at radius 3 is 2.50 bits per heavy atom. The number of benzene rings is 1. The molecule has 1 aromatic carbocycles. The third kappa shape index (κ3) is 6.20. The number of hydrogen-bond acceptors (Lipinski definition) is 3. The lowest BCUT2D eigenvalue weighted by molar-refractivity contribution is -0.130. The molecule has 1 heterocycles. The van der Waals surface area contributed by atoms with Gasteiger partial charge in [0, 0.05) is 45.4 Å². The van der Waals surface area contributed by atoms with Crippen molar-refractivity contribution >= 4 is 11.8 Å². The molecule has 0 bridgehead atoms. The third-order valence-electron chi connectivity index (χ3n) is 3.73. The molecule has 1 N–H and O–H groups in total. The molecule has 0 aliphatic heterocycles. The largest absolute Gasteiger partial charge is 0.356 e. The van der Waals surface area contributed by atoms with Crippen LogP contribution in [-0.2, 0) is 22.6 Å². The molecule has 5 heteroatoms. The quantitative estimate of drug-likeness (QED) is 0.809. The van der Waals surface area contributed by atoms with Crippen LogP contribution in [0, 0.1) is 0 Å². The predicted molar refractivity (Wildman–Crippen MR) is 93.1 cm³/mol. The average molecular weight is 325 g/mol. The molecule has 0 aliphatic rings. The summed E-state index contributed by atoms with van der Waals surface area (Å²) in [5, 5.41) is 2.88. The molecule has 0 saturated heterocycles. The Morgan fingerprint density at radius 2 is 1.83 bits per heavy atom. The van der Waals surface area contributed by atoms with Gasteiger partial charge in [-0.2, -0.15) is 0 Å². The summed E-state index contributed by atoms with van der Waals surface area (Å²) >= 11 is 0. The summed E-state index contributed by atoms with van der Waals surface area (Å²) in [6, 6.07) is 13.6. The number of amides is 2. The van der Waals surface area contributed by atoms with Gasteiger partial charge in [-0.1, -0.05) is 36.4 Å². The molecule has 2 rings (SSSR count). The molecule has 0 aliphatic carbocycles. The Morgan fingerprint density at radius 1 is 1.08 bits per heavy atom. The van der Waals surface area contributed by atoms with E-state index in [1.807, 2.05) is 42.5 Å². The van der Waals surface area contributed by atoms with Crippen LogP contribution < -0.4 is 5.32 Å². The van der Waals surface area contributed by atoms with Gasteiger partial charge < -0.3 is 10.2 Å². The van der Waals surface area contributed by atoms with Crippen molar-refractivity contribution in [1.29, 1.82) is 0 Å².